The fraction of sp³-hybridized carbons (Fsp3) is 0.793. The molecule has 1 aromatic rings. The molecule has 4 heterocycles. The molecular formula is C29H46N4O3. The maximum absolute atomic E-state index is 12.8. The number of amides is 2. The molecule has 0 unspecified atom stereocenters. The van der Waals surface area contributed by atoms with Crippen molar-refractivity contribution in [1.82, 2.24) is 19.9 Å². The third kappa shape index (κ3) is 7.05. The first-order valence-electron chi connectivity index (χ1n) is 14.8. The number of aryl methyl sites for hydroxylation is 1. The predicted molar refractivity (Wildman–Crippen MR) is 140 cm³/mol. The number of nitrogens with zero attached hydrogens (tertiary/aromatic N) is 4. The van der Waals surface area contributed by atoms with Gasteiger partial charge in [0.25, 0.3) is 0 Å². The predicted octanol–water partition coefficient (Wildman–Crippen LogP) is 5.98. The Bertz CT molecular complexity index is 836. The Morgan fingerprint density at radius 3 is 1.69 bits per heavy atom. The van der Waals surface area contributed by atoms with Gasteiger partial charge in [-0.05, 0) is 6.42 Å². The second kappa shape index (κ2) is 14.1. The van der Waals surface area contributed by atoms with Crippen LogP contribution in [-0.2, 0) is 27.4 Å². The quantitative estimate of drug-likeness (QED) is 0.133. The third-order valence-electron chi connectivity index (χ3n) is 8.15. The Morgan fingerprint density at radius 1 is 0.722 bits per heavy atom. The number of imide groups is 1. The Morgan fingerprint density at radius 2 is 1.19 bits per heavy atom. The van der Waals surface area contributed by atoms with Crippen molar-refractivity contribution in [2.24, 2.45) is 11.8 Å². The Hall–Kier alpha value is -2.02. The SMILES string of the molecule is CCCCCCCCCCCCCCCCCCn1cc(CN2C(=O)[C@@H]3[C@H](C2=O)[C@H]2C=C[C@@H]3O2)nn1. The molecule has 2 bridgehead atoms. The monoisotopic (exact) mass is 498 g/mol. The van der Waals surface area contributed by atoms with Gasteiger partial charge in [-0.1, -0.05) is 121 Å². The first kappa shape index (κ1) is 27.0. The van der Waals surface area contributed by atoms with Crippen LogP contribution in [0.5, 0.6) is 0 Å². The molecule has 3 aliphatic rings. The molecule has 0 radical (unpaired) electrons. The van der Waals surface area contributed by atoms with Crippen LogP contribution in [0.25, 0.3) is 0 Å². The molecule has 0 aromatic carbocycles. The van der Waals surface area contributed by atoms with Gasteiger partial charge < -0.3 is 4.74 Å². The summed E-state index contributed by atoms with van der Waals surface area (Å²) in [5, 5.41) is 8.42. The smallest absolute Gasteiger partial charge is 0.236 e. The van der Waals surface area contributed by atoms with Crippen molar-refractivity contribution in [3.63, 3.8) is 0 Å². The molecule has 1 aromatic heterocycles. The van der Waals surface area contributed by atoms with E-state index in [1.807, 2.05) is 23.0 Å². The van der Waals surface area contributed by atoms with E-state index in [0.29, 0.717) is 5.69 Å². The van der Waals surface area contributed by atoms with E-state index >= 15 is 0 Å². The van der Waals surface area contributed by atoms with Gasteiger partial charge in [0.15, 0.2) is 0 Å². The number of unbranched alkanes of at least 4 members (excludes halogenated alkanes) is 15. The molecular weight excluding hydrogens is 452 g/mol. The second-order valence-electron chi connectivity index (χ2n) is 11.0. The van der Waals surface area contributed by atoms with Crippen LogP contribution in [-0.4, -0.2) is 43.9 Å². The zero-order valence-electron chi connectivity index (χ0n) is 22.3. The van der Waals surface area contributed by atoms with E-state index in [1.165, 1.54) is 101 Å². The van der Waals surface area contributed by atoms with E-state index < -0.39 is 0 Å². The molecule has 3 aliphatic heterocycles. The van der Waals surface area contributed by atoms with E-state index in [-0.39, 0.29) is 42.4 Å². The zero-order valence-corrected chi connectivity index (χ0v) is 22.3. The molecule has 0 saturated carbocycles. The summed E-state index contributed by atoms with van der Waals surface area (Å²) in [6, 6.07) is 0. The lowest BCUT2D eigenvalue weighted by Gasteiger charge is -2.15. The van der Waals surface area contributed by atoms with Gasteiger partial charge in [0.2, 0.25) is 11.8 Å². The molecule has 2 amide bonds. The maximum atomic E-state index is 12.8. The molecule has 7 nitrogen and oxygen atoms in total. The summed E-state index contributed by atoms with van der Waals surface area (Å²) in [4.78, 5) is 26.9. The Kier molecular flexibility index (Phi) is 10.6. The molecule has 4 rings (SSSR count). The largest absolute Gasteiger partial charge is 0.365 e. The lowest BCUT2D eigenvalue weighted by Crippen LogP contribution is -2.34. The maximum Gasteiger partial charge on any atom is 0.236 e. The van der Waals surface area contributed by atoms with E-state index in [4.69, 9.17) is 4.74 Å². The number of hydrogen-bond donors (Lipinski definition) is 0. The van der Waals surface area contributed by atoms with Crippen LogP contribution in [0.4, 0.5) is 0 Å². The van der Waals surface area contributed by atoms with Crippen LogP contribution in [0.3, 0.4) is 0 Å². The lowest BCUT2D eigenvalue weighted by molar-refractivity contribution is -0.143. The van der Waals surface area contributed by atoms with E-state index in [0.717, 1.165) is 13.0 Å². The van der Waals surface area contributed by atoms with Gasteiger partial charge in [-0.15, -0.1) is 5.10 Å². The average molecular weight is 499 g/mol. The molecule has 2 saturated heterocycles. The number of carbonyl (C=O) groups is 2. The number of rotatable bonds is 19. The van der Waals surface area contributed by atoms with Crippen molar-refractivity contribution in [1.29, 1.82) is 0 Å². The second-order valence-corrected chi connectivity index (χ2v) is 11.0. The third-order valence-corrected chi connectivity index (χ3v) is 8.15. The summed E-state index contributed by atoms with van der Waals surface area (Å²) in [6.45, 7) is 3.32. The fourth-order valence-corrected chi connectivity index (χ4v) is 6.03. The fourth-order valence-electron chi connectivity index (χ4n) is 6.03. The van der Waals surface area contributed by atoms with Crippen molar-refractivity contribution < 1.29 is 14.3 Å². The summed E-state index contributed by atoms with van der Waals surface area (Å²) < 4.78 is 7.54. The number of aromatic nitrogens is 3. The van der Waals surface area contributed by atoms with Gasteiger partial charge in [-0.3, -0.25) is 19.2 Å². The van der Waals surface area contributed by atoms with Crippen LogP contribution in [0, 0.1) is 11.8 Å². The summed E-state index contributed by atoms with van der Waals surface area (Å²) in [6.07, 6.45) is 26.9. The number of carbonyl (C=O) groups excluding carboxylic acids is 2. The minimum atomic E-state index is -0.354. The molecule has 4 atom stereocenters. The number of ether oxygens (including phenoxy) is 1. The van der Waals surface area contributed by atoms with Crippen LogP contribution < -0.4 is 0 Å². The minimum Gasteiger partial charge on any atom is -0.365 e. The Labute approximate surface area is 217 Å². The summed E-state index contributed by atoms with van der Waals surface area (Å²) in [7, 11) is 0. The Balaban J connectivity index is 0.991. The zero-order chi connectivity index (χ0) is 25.2. The average Bonchev–Trinajstić information content (AvgIpc) is 3.66. The standard InChI is InChI=1S/C29H46N4O3/c1-2-3-4-5-6-7-8-9-10-11-12-13-14-15-16-17-20-32-21-23(30-31-32)22-33-28(34)26-24-18-19-25(36-24)27(26)29(33)35/h18-19,21,24-27H,2-17,20,22H2,1H3/t24-,25+,26-,27+. The molecule has 0 N–H and O–H groups in total. The van der Waals surface area contributed by atoms with Crippen molar-refractivity contribution in [3.05, 3.63) is 24.0 Å². The van der Waals surface area contributed by atoms with Crippen molar-refractivity contribution in [2.45, 2.75) is 135 Å². The van der Waals surface area contributed by atoms with Crippen LogP contribution in [0.2, 0.25) is 0 Å². The van der Waals surface area contributed by atoms with Gasteiger partial charge in [0.1, 0.15) is 5.69 Å². The van der Waals surface area contributed by atoms with E-state index in [1.54, 1.807) is 0 Å². The van der Waals surface area contributed by atoms with E-state index in [9.17, 15) is 9.59 Å². The first-order valence-corrected chi connectivity index (χ1v) is 14.8. The van der Waals surface area contributed by atoms with Gasteiger partial charge in [0, 0.05) is 6.54 Å². The normalized spacial score (nSPS) is 24.4. The van der Waals surface area contributed by atoms with Crippen molar-refractivity contribution >= 4 is 11.8 Å². The summed E-state index contributed by atoms with van der Waals surface area (Å²) in [5.74, 6) is -0.969. The molecule has 36 heavy (non-hydrogen) atoms. The molecule has 200 valence electrons. The highest BCUT2D eigenvalue weighted by atomic mass is 16.5. The van der Waals surface area contributed by atoms with Gasteiger partial charge in [-0.2, -0.15) is 0 Å². The van der Waals surface area contributed by atoms with Crippen LogP contribution in [0.15, 0.2) is 18.3 Å². The van der Waals surface area contributed by atoms with Crippen LogP contribution in [0.1, 0.15) is 115 Å². The topological polar surface area (TPSA) is 77.3 Å². The number of likely N-dealkylation sites (tertiary alicyclic amines) is 1. The van der Waals surface area contributed by atoms with Gasteiger partial charge in [0.05, 0.1) is 36.8 Å². The molecule has 7 heteroatoms. The highest BCUT2D eigenvalue weighted by molar-refractivity contribution is 6.06. The molecule has 2 fully saturated rings. The van der Waals surface area contributed by atoms with E-state index in [2.05, 4.69) is 17.2 Å². The number of hydrogen-bond acceptors (Lipinski definition) is 5. The minimum absolute atomic E-state index is 0.130. The van der Waals surface area contributed by atoms with Crippen molar-refractivity contribution in [3.8, 4) is 0 Å². The van der Waals surface area contributed by atoms with Crippen LogP contribution >= 0.6 is 0 Å². The highest BCUT2D eigenvalue weighted by Crippen LogP contribution is 2.45. The molecule has 0 spiro atoms. The number of fused-ring (bicyclic) bond motifs is 5. The van der Waals surface area contributed by atoms with Crippen molar-refractivity contribution in [2.75, 3.05) is 0 Å². The summed E-state index contributed by atoms with van der Waals surface area (Å²) >= 11 is 0. The van der Waals surface area contributed by atoms with Gasteiger partial charge >= 0.3 is 0 Å². The summed E-state index contributed by atoms with van der Waals surface area (Å²) in [5.41, 5.74) is 0.675. The molecule has 0 aliphatic carbocycles. The highest BCUT2D eigenvalue weighted by Gasteiger charge is 2.60. The van der Waals surface area contributed by atoms with Gasteiger partial charge in [-0.25, -0.2) is 0 Å². The first-order chi connectivity index (χ1) is 17.7. The lowest BCUT2D eigenvalue weighted by atomic mass is 9.85.